The van der Waals surface area contributed by atoms with Crippen LogP contribution >= 0.6 is 15.6 Å². The third-order valence-corrected chi connectivity index (χ3v) is 19.2. The molecular formula is C74H144O17P2. The van der Waals surface area contributed by atoms with Gasteiger partial charge in [0, 0.05) is 25.7 Å². The fraction of sp³-hybridized carbons (Fsp3) is 0.946. The summed E-state index contributed by atoms with van der Waals surface area (Å²) in [5.74, 6) is -1.32. The average molecular weight is 1370 g/mol. The van der Waals surface area contributed by atoms with Gasteiger partial charge in [-0.1, -0.05) is 336 Å². The highest BCUT2D eigenvalue weighted by molar-refractivity contribution is 7.47. The molecule has 17 nitrogen and oxygen atoms in total. The lowest BCUT2D eigenvalue weighted by Gasteiger charge is -2.21. The van der Waals surface area contributed by atoms with Gasteiger partial charge in [0.15, 0.2) is 12.2 Å². The van der Waals surface area contributed by atoms with Crippen LogP contribution in [0.4, 0.5) is 0 Å². The SMILES string of the molecule is CCCCCCCCCCCCCCCCCCCCCCCC(=O)O[C@H](COC(=O)CCCCCCCCCCCCCCCCCC(C)C)COP(=O)(O)OC[C@@H](O)COP(=O)(O)OC[C@@H](COC(=O)CCCCCCCCC)OC(=O)CCCCCCCCC. The maximum Gasteiger partial charge on any atom is 0.472 e. The molecule has 3 N–H and O–H groups in total. The molecule has 2 unspecified atom stereocenters. The number of ether oxygens (including phenoxy) is 4. The number of hydrogen-bond acceptors (Lipinski definition) is 15. The quantitative estimate of drug-likeness (QED) is 0.0222. The number of phosphoric ester groups is 2. The van der Waals surface area contributed by atoms with Gasteiger partial charge in [-0.25, -0.2) is 9.13 Å². The molecule has 0 saturated heterocycles. The Bertz CT molecular complexity index is 1790. The monoisotopic (exact) mass is 1370 g/mol. The Kier molecular flexibility index (Phi) is 65.9. The van der Waals surface area contributed by atoms with E-state index in [4.69, 9.17) is 37.0 Å². The van der Waals surface area contributed by atoms with Crippen molar-refractivity contribution in [1.82, 2.24) is 0 Å². The second-order valence-corrected chi connectivity index (χ2v) is 30.1. The number of aliphatic hydroxyl groups excluding tert-OH is 1. The van der Waals surface area contributed by atoms with Gasteiger partial charge in [0.25, 0.3) is 0 Å². The summed E-state index contributed by atoms with van der Waals surface area (Å²) in [6, 6.07) is 0. The van der Waals surface area contributed by atoms with Crippen molar-refractivity contribution in [1.29, 1.82) is 0 Å². The summed E-state index contributed by atoms with van der Waals surface area (Å²) in [6.45, 7) is 7.21. The number of hydrogen-bond donors (Lipinski definition) is 3. The van der Waals surface area contributed by atoms with Gasteiger partial charge in [0.2, 0.25) is 0 Å². The molecule has 5 atom stereocenters. The van der Waals surface area contributed by atoms with E-state index in [9.17, 15) is 43.2 Å². The van der Waals surface area contributed by atoms with Crippen LogP contribution in [0.3, 0.4) is 0 Å². The number of aliphatic hydroxyl groups is 1. The van der Waals surface area contributed by atoms with Crippen LogP contribution in [0.25, 0.3) is 0 Å². The highest BCUT2D eigenvalue weighted by Crippen LogP contribution is 2.45. The summed E-state index contributed by atoms with van der Waals surface area (Å²) in [6.07, 6.45) is 56.0. The molecule has 552 valence electrons. The van der Waals surface area contributed by atoms with E-state index in [-0.39, 0.29) is 25.7 Å². The zero-order valence-corrected chi connectivity index (χ0v) is 62.2. The minimum absolute atomic E-state index is 0.104. The molecule has 0 amide bonds. The Morgan fingerprint density at radius 1 is 0.290 bits per heavy atom. The first-order valence-corrected chi connectivity index (χ1v) is 41.6. The molecule has 93 heavy (non-hydrogen) atoms. The molecule has 0 radical (unpaired) electrons. The smallest absolute Gasteiger partial charge is 0.462 e. The van der Waals surface area contributed by atoms with Crippen LogP contribution in [0.2, 0.25) is 0 Å². The van der Waals surface area contributed by atoms with E-state index in [1.54, 1.807) is 0 Å². The molecule has 19 heteroatoms. The van der Waals surface area contributed by atoms with Gasteiger partial charge in [0.05, 0.1) is 26.4 Å². The maximum atomic E-state index is 13.1. The third-order valence-electron chi connectivity index (χ3n) is 17.3. The van der Waals surface area contributed by atoms with Crippen molar-refractivity contribution in [3.63, 3.8) is 0 Å². The molecule has 0 fully saturated rings. The number of unbranched alkanes of at least 4 members (excludes halogenated alkanes) is 46. The van der Waals surface area contributed by atoms with Crippen molar-refractivity contribution in [2.45, 2.75) is 406 Å². The van der Waals surface area contributed by atoms with Crippen LogP contribution in [-0.4, -0.2) is 96.7 Å². The molecule has 0 rings (SSSR count). The number of rotatable bonds is 74. The Morgan fingerprint density at radius 2 is 0.495 bits per heavy atom. The zero-order valence-electron chi connectivity index (χ0n) is 60.4. The normalized spacial score (nSPS) is 14.0. The molecule has 0 bridgehead atoms. The number of carbonyl (C=O) groups is 4. The number of phosphoric acid groups is 2. The van der Waals surface area contributed by atoms with Crippen molar-refractivity contribution in [3.05, 3.63) is 0 Å². The van der Waals surface area contributed by atoms with Crippen LogP contribution < -0.4 is 0 Å². The van der Waals surface area contributed by atoms with E-state index in [1.165, 1.54) is 186 Å². The summed E-state index contributed by atoms with van der Waals surface area (Å²) in [7, 11) is -9.89. The van der Waals surface area contributed by atoms with Crippen molar-refractivity contribution >= 4 is 39.5 Å². The fourth-order valence-electron chi connectivity index (χ4n) is 11.4. The lowest BCUT2D eigenvalue weighted by Crippen LogP contribution is -2.30. The Hall–Kier alpha value is -1.94. The number of carbonyl (C=O) groups excluding carboxylic acids is 4. The van der Waals surface area contributed by atoms with Gasteiger partial charge in [0.1, 0.15) is 19.3 Å². The molecule has 0 aliphatic rings. The molecule has 0 spiro atoms. The van der Waals surface area contributed by atoms with Crippen LogP contribution in [0, 0.1) is 5.92 Å². The summed E-state index contributed by atoms with van der Waals surface area (Å²) in [5, 5.41) is 10.6. The van der Waals surface area contributed by atoms with Crippen molar-refractivity contribution in [2.24, 2.45) is 5.92 Å². The summed E-state index contributed by atoms with van der Waals surface area (Å²) in [4.78, 5) is 72.4. The van der Waals surface area contributed by atoms with Crippen LogP contribution in [0.1, 0.15) is 388 Å². The van der Waals surface area contributed by atoms with E-state index in [2.05, 4.69) is 34.6 Å². The molecular weight excluding hydrogens is 1220 g/mol. The van der Waals surface area contributed by atoms with Crippen LogP contribution in [0.5, 0.6) is 0 Å². The van der Waals surface area contributed by atoms with Crippen LogP contribution in [0.15, 0.2) is 0 Å². The molecule has 0 aliphatic heterocycles. The molecule has 0 aromatic heterocycles. The summed E-state index contributed by atoms with van der Waals surface area (Å²) >= 11 is 0. The van der Waals surface area contributed by atoms with Gasteiger partial charge in [-0.3, -0.25) is 37.3 Å². The maximum absolute atomic E-state index is 13.1. The summed E-state index contributed by atoms with van der Waals surface area (Å²) < 4.78 is 68.2. The fourth-order valence-corrected chi connectivity index (χ4v) is 12.9. The molecule has 0 aromatic rings. The second kappa shape index (κ2) is 67.3. The molecule has 0 saturated carbocycles. The van der Waals surface area contributed by atoms with Gasteiger partial charge >= 0.3 is 39.5 Å². The minimum Gasteiger partial charge on any atom is -0.462 e. The van der Waals surface area contributed by atoms with Crippen LogP contribution in [-0.2, 0) is 65.4 Å². The van der Waals surface area contributed by atoms with Gasteiger partial charge in [-0.05, 0) is 31.6 Å². The van der Waals surface area contributed by atoms with E-state index >= 15 is 0 Å². The van der Waals surface area contributed by atoms with Gasteiger partial charge in [-0.2, -0.15) is 0 Å². The summed E-state index contributed by atoms with van der Waals surface area (Å²) in [5.41, 5.74) is 0. The first-order valence-electron chi connectivity index (χ1n) is 38.6. The van der Waals surface area contributed by atoms with E-state index in [1.807, 2.05) is 0 Å². The zero-order chi connectivity index (χ0) is 68.4. The standard InChI is InChI=1S/C74H144O17P2/c1-6-9-12-15-18-19-20-21-22-23-24-25-26-27-30-34-37-40-45-50-55-60-74(79)91-70(64-85-72(77)58-53-48-44-39-36-33-31-28-29-32-35-38-43-46-51-56-67(4)5)66-89-93(82,83)87-62-68(75)61-86-92(80,81)88-65-69(90-73(78)59-54-49-42-17-14-11-8-3)63-84-71(76)57-52-47-41-16-13-10-7-2/h67-70,75H,6-66H2,1-5H3,(H,80,81)(H,82,83)/t68-,69+,70+/m0/s1. The molecule has 0 heterocycles. The lowest BCUT2D eigenvalue weighted by atomic mass is 10.0. The van der Waals surface area contributed by atoms with E-state index in [0.29, 0.717) is 25.7 Å². The largest absolute Gasteiger partial charge is 0.472 e. The van der Waals surface area contributed by atoms with Crippen molar-refractivity contribution < 1.29 is 80.2 Å². The third kappa shape index (κ3) is 68.4. The Balaban J connectivity index is 5.10. The average Bonchev–Trinajstić information content (AvgIpc) is 2.31. The first-order chi connectivity index (χ1) is 45.0. The van der Waals surface area contributed by atoms with E-state index in [0.717, 1.165) is 121 Å². The lowest BCUT2D eigenvalue weighted by molar-refractivity contribution is -0.161. The van der Waals surface area contributed by atoms with E-state index < -0.39 is 97.5 Å². The van der Waals surface area contributed by atoms with Gasteiger partial charge in [-0.15, -0.1) is 0 Å². The highest BCUT2D eigenvalue weighted by Gasteiger charge is 2.30. The predicted molar refractivity (Wildman–Crippen MR) is 377 cm³/mol. The Labute approximate surface area is 568 Å². The minimum atomic E-state index is -4.95. The Morgan fingerprint density at radius 3 is 0.731 bits per heavy atom. The van der Waals surface area contributed by atoms with Crippen molar-refractivity contribution in [2.75, 3.05) is 39.6 Å². The topological polar surface area (TPSA) is 237 Å². The van der Waals surface area contributed by atoms with Crippen molar-refractivity contribution in [3.8, 4) is 0 Å². The van der Waals surface area contributed by atoms with Gasteiger partial charge < -0.3 is 33.8 Å². The second-order valence-electron chi connectivity index (χ2n) is 27.2. The number of esters is 4. The predicted octanol–water partition coefficient (Wildman–Crippen LogP) is 21.7. The highest BCUT2D eigenvalue weighted by atomic mass is 31.2. The molecule has 0 aliphatic carbocycles. The molecule has 0 aromatic carbocycles. The first kappa shape index (κ1) is 91.1.